The molecule has 1 aliphatic rings. The van der Waals surface area contributed by atoms with Crippen LogP contribution in [0.2, 0.25) is 0 Å². The van der Waals surface area contributed by atoms with Crippen molar-refractivity contribution in [2.24, 2.45) is 7.05 Å². The van der Waals surface area contributed by atoms with Crippen LogP contribution in [-0.4, -0.2) is 54.4 Å². The van der Waals surface area contributed by atoms with Crippen LogP contribution in [0.1, 0.15) is 18.8 Å². The van der Waals surface area contributed by atoms with Crippen LogP contribution in [0, 0.1) is 0 Å². The SMILES string of the molecule is CC(NC(=O)N1CSCC1C(=O)O)c1nncn1C. The zero-order chi connectivity index (χ0) is 14.0. The molecule has 0 saturated carbocycles. The lowest BCUT2D eigenvalue weighted by Crippen LogP contribution is -2.47. The van der Waals surface area contributed by atoms with E-state index in [2.05, 4.69) is 15.5 Å². The Morgan fingerprint density at radius 3 is 2.95 bits per heavy atom. The van der Waals surface area contributed by atoms with E-state index in [4.69, 9.17) is 5.11 Å². The van der Waals surface area contributed by atoms with Crippen molar-refractivity contribution in [3.63, 3.8) is 0 Å². The van der Waals surface area contributed by atoms with Crippen molar-refractivity contribution in [3.8, 4) is 0 Å². The van der Waals surface area contributed by atoms with Crippen molar-refractivity contribution < 1.29 is 14.7 Å². The number of carbonyl (C=O) groups excluding carboxylic acids is 1. The van der Waals surface area contributed by atoms with Crippen LogP contribution in [-0.2, 0) is 11.8 Å². The van der Waals surface area contributed by atoms with E-state index >= 15 is 0 Å². The predicted octanol–water partition coefficient (Wildman–Crippen LogP) is 0.0452. The number of rotatable bonds is 3. The Morgan fingerprint density at radius 1 is 1.63 bits per heavy atom. The molecule has 19 heavy (non-hydrogen) atoms. The number of urea groups is 1. The normalized spacial score (nSPS) is 20.3. The molecule has 0 radical (unpaired) electrons. The number of nitrogens with zero attached hydrogens (tertiary/aromatic N) is 4. The van der Waals surface area contributed by atoms with Gasteiger partial charge in [0.25, 0.3) is 0 Å². The maximum Gasteiger partial charge on any atom is 0.327 e. The summed E-state index contributed by atoms with van der Waals surface area (Å²) in [6.07, 6.45) is 1.55. The molecule has 2 amide bonds. The molecule has 2 unspecified atom stereocenters. The first kappa shape index (κ1) is 13.7. The molecule has 2 heterocycles. The van der Waals surface area contributed by atoms with Crippen molar-refractivity contribution in [1.29, 1.82) is 0 Å². The van der Waals surface area contributed by atoms with Gasteiger partial charge < -0.3 is 19.9 Å². The fourth-order valence-corrected chi connectivity index (χ4v) is 3.01. The maximum absolute atomic E-state index is 12.1. The number of hydrogen-bond donors (Lipinski definition) is 2. The van der Waals surface area contributed by atoms with E-state index in [-0.39, 0.29) is 6.04 Å². The van der Waals surface area contributed by atoms with Gasteiger partial charge in [-0.05, 0) is 6.92 Å². The molecule has 0 spiro atoms. The number of thioether (sulfide) groups is 1. The van der Waals surface area contributed by atoms with Crippen molar-refractivity contribution in [2.75, 3.05) is 11.6 Å². The lowest BCUT2D eigenvalue weighted by molar-refractivity contribution is -0.140. The zero-order valence-electron chi connectivity index (χ0n) is 10.6. The monoisotopic (exact) mass is 285 g/mol. The van der Waals surface area contributed by atoms with Gasteiger partial charge in [0.2, 0.25) is 0 Å². The van der Waals surface area contributed by atoms with E-state index in [9.17, 15) is 9.59 Å². The van der Waals surface area contributed by atoms with E-state index in [0.29, 0.717) is 17.5 Å². The van der Waals surface area contributed by atoms with Crippen LogP contribution in [0.3, 0.4) is 0 Å². The standard InChI is InChI=1S/C10H15N5O3S/c1-6(8-13-11-4-14(8)2)12-10(18)15-5-19-3-7(15)9(16)17/h4,6-7H,3,5H2,1-2H3,(H,12,18)(H,16,17). The van der Waals surface area contributed by atoms with Gasteiger partial charge in [0.05, 0.1) is 11.9 Å². The molecule has 2 N–H and O–H groups in total. The smallest absolute Gasteiger partial charge is 0.327 e. The highest BCUT2D eigenvalue weighted by molar-refractivity contribution is 7.99. The van der Waals surface area contributed by atoms with Crippen LogP contribution in [0.4, 0.5) is 4.79 Å². The number of hydrogen-bond acceptors (Lipinski definition) is 5. The van der Waals surface area contributed by atoms with Gasteiger partial charge in [0, 0.05) is 12.8 Å². The Bertz CT molecular complexity index is 491. The van der Waals surface area contributed by atoms with Crippen molar-refractivity contribution >= 4 is 23.8 Å². The zero-order valence-corrected chi connectivity index (χ0v) is 11.4. The Hall–Kier alpha value is -1.77. The van der Waals surface area contributed by atoms with Gasteiger partial charge in [-0.25, -0.2) is 9.59 Å². The number of carboxylic acid groups (broad SMARTS) is 1. The lowest BCUT2D eigenvalue weighted by Gasteiger charge is -2.23. The third-order valence-corrected chi connectivity index (χ3v) is 3.91. The fourth-order valence-electron chi connectivity index (χ4n) is 1.86. The summed E-state index contributed by atoms with van der Waals surface area (Å²) in [6.45, 7) is 1.78. The van der Waals surface area contributed by atoms with E-state index in [0.717, 1.165) is 0 Å². The number of nitrogens with one attached hydrogen (secondary N) is 1. The third-order valence-electron chi connectivity index (χ3n) is 2.90. The highest BCUT2D eigenvalue weighted by Gasteiger charge is 2.35. The van der Waals surface area contributed by atoms with Crippen molar-refractivity contribution in [1.82, 2.24) is 25.0 Å². The Balaban J connectivity index is 2.01. The molecular formula is C10H15N5O3S. The van der Waals surface area contributed by atoms with Crippen LogP contribution in [0.5, 0.6) is 0 Å². The molecule has 8 nitrogen and oxygen atoms in total. The molecule has 104 valence electrons. The average Bonchev–Trinajstić information content (AvgIpc) is 2.96. The molecule has 2 atom stereocenters. The second kappa shape index (κ2) is 5.47. The molecular weight excluding hydrogens is 270 g/mol. The summed E-state index contributed by atoms with van der Waals surface area (Å²) in [7, 11) is 1.78. The van der Waals surface area contributed by atoms with Gasteiger partial charge in [-0.2, -0.15) is 0 Å². The number of aryl methyl sites for hydroxylation is 1. The van der Waals surface area contributed by atoms with E-state index in [1.54, 1.807) is 24.9 Å². The molecule has 1 aromatic heterocycles. The first-order valence-electron chi connectivity index (χ1n) is 5.72. The van der Waals surface area contributed by atoms with E-state index in [1.807, 2.05) is 0 Å². The van der Waals surface area contributed by atoms with Crippen LogP contribution < -0.4 is 5.32 Å². The summed E-state index contributed by atoms with van der Waals surface area (Å²) in [6, 6.07) is -1.50. The van der Waals surface area contributed by atoms with Crippen LogP contribution in [0.15, 0.2) is 6.33 Å². The van der Waals surface area contributed by atoms with Crippen molar-refractivity contribution in [2.45, 2.75) is 19.0 Å². The molecule has 0 aliphatic carbocycles. The van der Waals surface area contributed by atoms with Crippen LogP contribution in [0.25, 0.3) is 0 Å². The first-order chi connectivity index (χ1) is 9.00. The topological polar surface area (TPSA) is 100 Å². The lowest BCUT2D eigenvalue weighted by atomic mass is 10.3. The second-order valence-electron chi connectivity index (χ2n) is 4.29. The maximum atomic E-state index is 12.1. The minimum Gasteiger partial charge on any atom is -0.480 e. The number of amides is 2. The van der Waals surface area contributed by atoms with Gasteiger partial charge >= 0.3 is 12.0 Å². The summed E-state index contributed by atoms with van der Waals surface area (Å²) in [4.78, 5) is 24.4. The summed E-state index contributed by atoms with van der Waals surface area (Å²) < 4.78 is 1.71. The summed E-state index contributed by atoms with van der Waals surface area (Å²) in [5.74, 6) is 0.439. The second-order valence-corrected chi connectivity index (χ2v) is 5.29. The Labute approximate surface area is 114 Å². The average molecular weight is 285 g/mol. The number of aromatic nitrogens is 3. The number of carbonyl (C=O) groups is 2. The molecule has 2 rings (SSSR count). The minimum absolute atomic E-state index is 0.333. The quantitative estimate of drug-likeness (QED) is 0.813. The third kappa shape index (κ3) is 2.80. The molecule has 1 aliphatic heterocycles. The predicted molar refractivity (Wildman–Crippen MR) is 68.5 cm³/mol. The van der Waals surface area contributed by atoms with E-state index < -0.39 is 18.0 Å². The largest absolute Gasteiger partial charge is 0.480 e. The highest BCUT2D eigenvalue weighted by Crippen LogP contribution is 2.21. The molecule has 1 aromatic rings. The molecule has 1 saturated heterocycles. The molecule has 9 heteroatoms. The summed E-state index contributed by atoms with van der Waals surface area (Å²) >= 11 is 1.43. The van der Waals surface area contributed by atoms with Gasteiger partial charge in [-0.1, -0.05) is 0 Å². The van der Waals surface area contributed by atoms with Gasteiger partial charge in [-0.15, -0.1) is 22.0 Å². The highest BCUT2D eigenvalue weighted by atomic mass is 32.2. The van der Waals surface area contributed by atoms with Crippen LogP contribution >= 0.6 is 11.8 Å². The molecule has 0 aromatic carbocycles. The minimum atomic E-state index is -0.980. The molecule has 0 bridgehead atoms. The first-order valence-corrected chi connectivity index (χ1v) is 6.87. The van der Waals surface area contributed by atoms with Crippen molar-refractivity contribution in [3.05, 3.63) is 12.2 Å². The summed E-state index contributed by atoms with van der Waals surface area (Å²) in [5, 5.41) is 19.4. The number of aliphatic carboxylic acids is 1. The Kier molecular flexibility index (Phi) is 3.93. The van der Waals surface area contributed by atoms with E-state index in [1.165, 1.54) is 16.7 Å². The summed E-state index contributed by atoms with van der Waals surface area (Å²) in [5.41, 5.74) is 0. The van der Waals surface area contributed by atoms with Gasteiger partial charge in [-0.3, -0.25) is 0 Å². The fraction of sp³-hybridized carbons (Fsp3) is 0.600. The molecule has 1 fully saturated rings. The van der Waals surface area contributed by atoms with Gasteiger partial charge in [0.15, 0.2) is 5.82 Å². The number of carboxylic acids is 1. The Morgan fingerprint density at radius 2 is 2.37 bits per heavy atom. The van der Waals surface area contributed by atoms with Gasteiger partial charge in [0.1, 0.15) is 12.4 Å².